The fraction of sp³-hybridized carbons (Fsp3) is 0.182. The zero-order chi connectivity index (χ0) is 10.7. The molecule has 2 rings (SSSR count). The molecule has 0 bridgehead atoms. The van der Waals surface area contributed by atoms with Gasteiger partial charge in [0.1, 0.15) is 10.9 Å². The quantitative estimate of drug-likeness (QED) is 0.799. The topological polar surface area (TPSA) is 27.1 Å². The maximum absolute atomic E-state index is 5.94. The van der Waals surface area contributed by atoms with Crippen LogP contribution in [0, 0.1) is 0 Å². The van der Waals surface area contributed by atoms with Gasteiger partial charge in [-0.3, -0.25) is 0 Å². The summed E-state index contributed by atoms with van der Waals surface area (Å²) in [5.41, 5.74) is 0.924. The Morgan fingerprint density at radius 2 is 2.00 bits per heavy atom. The highest BCUT2D eigenvalue weighted by Gasteiger charge is 2.01. The van der Waals surface area contributed by atoms with E-state index in [4.69, 9.17) is 16.3 Å². The van der Waals surface area contributed by atoms with Gasteiger partial charge in [0.2, 0.25) is 0 Å². The van der Waals surface area contributed by atoms with Crippen LogP contribution in [0.3, 0.4) is 0 Å². The molecule has 2 aromatic rings. The van der Waals surface area contributed by atoms with E-state index in [2.05, 4.69) is 5.10 Å². The lowest BCUT2D eigenvalue weighted by molar-refractivity contribution is 0.340. The van der Waals surface area contributed by atoms with Gasteiger partial charge in [0, 0.05) is 0 Å². The van der Waals surface area contributed by atoms with Crippen molar-refractivity contribution in [2.24, 2.45) is 0 Å². The number of halogens is 1. The zero-order valence-corrected chi connectivity index (χ0v) is 9.11. The van der Waals surface area contributed by atoms with Crippen LogP contribution >= 0.6 is 11.6 Å². The summed E-state index contributed by atoms with van der Waals surface area (Å²) >= 11 is 5.94. The number of rotatable bonds is 3. The van der Waals surface area contributed by atoms with Gasteiger partial charge in [0.25, 0.3) is 0 Å². The van der Waals surface area contributed by atoms with Crippen molar-refractivity contribution in [3.8, 4) is 11.4 Å². The van der Waals surface area contributed by atoms with Crippen LogP contribution in [0.2, 0.25) is 5.15 Å². The van der Waals surface area contributed by atoms with E-state index < -0.39 is 0 Å². The molecule has 0 amide bonds. The minimum Gasteiger partial charge on any atom is -0.494 e. The molecule has 0 aliphatic carbocycles. The van der Waals surface area contributed by atoms with Crippen LogP contribution in [0.4, 0.5) is 0 Å². The molecule has 0 N–H and O–H groups in total. The number of aromatic nitrogens is 2. The van der Waals surface area contributed by atoms with Gasteiger partial charge in [-0.25, -0.2) is 4.68 Å². The molecule has 0 spiro atoms. The molecule has 0 aliphatic rings. The van der Waals surface area contributed by atoms with Gasteiger partial charge in [-0.1, -0.05) is 11.6 Å². The summed E-state index contributed by atoms with van der Waals surface area (Å²) in [5.74, 6) is 0.851. The first kappa shape index (κ1) is 10.1. The van der Waals surface area contributed by atoms with Crippen molar-refractivity contribution in [2.45, 2.75) is 6.92 Å². The molecule has 1 aromatic carbocycles. The smallest absolute Gasteiger partial charge is 0.132 e. The van der Waals surface area contributed by atoms with E-state index in [1.807, 2.05) is 31.2 Å². The average molecular weight is 223 g/mol. The monoisotopic (exact) mass is 222 g/mol. The molecular formula is C11H11ClN2O. The van der Waals surface area contributed by atoms with Gasteiger partial charge in [-0.05, 0) is 37.3 Å². The molecule has 3 nitrogen and oxygen atoms in total. The summed E-state index contributed by atoms with van der Waals surface area (Å²) in [5, 5.41) is 4.70. The van der Waals surface area contributed by atoms with E-state index in [1.165, 1.54) is 0 Å². The zero-order valence-electron chi connectivity index (χ0n) is 8.35. The lowest BCUT2D eigenvalue weighted by Crippen LogP contribution is -1.96. The van der Waals surface area contributed by atoms with Crippen molar-refractivity contribution >= 4 is 11.6 Å². The Hall–Kier alpha value is -1.48. The maximum Gasteiger partial charge on any atom is 0.132 e. The molecule has 0 unspecified atom stereocenters. The van der Waals surface area contributed by atoms with E-state index in [0.717, 1.165) is 11.4 Å². The van der Waals surface area contributed by atoms with Crippen LogP contribution < -0.4 is 4.74 Å². The van der Waals surface area contributed by atoms with Crippen LogP contribution in [-0.2, 0) is 0 Å². The highest BCUT2D eigenvalue weighted by atomic mass is 35.5. The van der Waals surface area contributed by atoms with Crippen LogP contribution in [0.15, 0.2) is 36.5 Å². The Balaban J connectivity index is 2.28. The van der Waals surface area contributed by atoms with E-state index in [0.29, 0.717) is 11.8 Å². The van der Waals surface area contributed by atoms with E-state index in [9.17, 15) is 0 Å². The fourth-order valence-corrected chi connectivity index (χ4v) is 1.53. The molecule has 1 aromatic heterocycles. The molecule has 15 heavy (non-hydrogen) atoms. The average Bonchev–Trinajstić information content (AvgIpc) is 2.66. The van der Waals surface area contributed by atoms with Gasteiger partial charge < -0.3 is 4.74 Å². The number of benzene rings is 1. The summed E-state index contributed by atoms with van der Waals surface area (Å²) in [6.45, 7) is 2.63. The van der Waals surface area contributed by atoms with Crippen LogP contribution in [0.25, 0.3) is 5.69 Å². The lowest BCUT2D eigenvalue weighted by Gasteiger charge is -2.05. The minimum atomic E-state index is 0.596. The summed E-state index contributed by atoms with van der Waals surface area (Å²) < 4.78 is 7.01. The van der Waals surface area contributed by atoms with Crippen LogP contribution in [0.5, 0.6) is 5.75 Å². The van der Waals surface area contributed by atoms with Crippen LogP contribution in [-0.4, -0.2) is 16.4 Å². The Morgan fingerprint density at radius 1 is 1.27 bits per heavy atom. The molecule has 0 radical (unpaired) electrons. The Morgan fingerprint density at radius 3 is 2.53 bits per heavy atom. The minimum absolute atomic E-state index is 0.596. The fourth-order valence-electron chi connectivity index (χ4n) is 1.33. The first-order valence-electron chi connectivity index (χ1n) is 4.74. The lowest BCUT2D eigenvalue weighted by atomic mass is 10.3. The molecule has 0 atom stereocenters. The summed E-state index contributed by atoms with van der Waals surface area (Å²) in [6, 6.07) is 9.39. The normalized spacial score (nSPS) is 10.3. The highest BCUT2D eigenvalue weighted by Crippen LogP contribution is 2.18. The third kappa shape index (κ3) is 2.13. The maximum atomic E-state index is 5.94. The number of ether oxygens (including phenoxy) is 1. The molecule has 0 saturated heterocycles. The Labute approximate surface area is 93.2 Å². The van der Waals surface area contributed by atoms with Gasteiger partial charge in [-0.15, -0.1) is 0 Å². The van der Waals surface area contributed by atoms with E-state index >= 15 is 0 Å². The van der Waals surface area contributed by atoms with Crippen molar-refractivity contribution in [3.05, 3.63) is 41.7 Å². The molecule has 0 saturated carbocycles. The first-order valence-corrected chi connectivity index (χ1v) is 5.12. The molecule has 78 valence electrons. The van der Waals surface area contributed by atoms with Crippen molar-refractivity contribution < 1.29 is 4.74 Å². The number of hydrogen-bond acceptors (Lipinski definition) is 2. The van der Waals surface area contributed by atoms with Crippen LogP contribution in [0.1, 0.15) is 6.92 Å². The Kier molecular flexibility index (Phi) is 2.92. The second-order valence-electron chi connectivity index (χ2n) is 2.99. The van der Waals surface area contributed by atoms with Gasteiger partial charge in [0.05, 0.1) is 18.5 Å². The summed E-state index contributed by atoms with van der Waals surface area (Å²) in [4.78, 5) is 0. The van der Waals surface area contributed by atoms with Crippen molar-refractivity contribution in [3.63, 3.8) is 0 Å². The number of nitrogens with zero attached hydrogens (tertiary/aromatic N) is 2. The van der Waals surface area contributed by atoms with Gasteiger partial charge >= 0.3 is 0 Å². The Bertz CT molecular complexity index is 436. The predicted octanol–water partition coefficient (Wildman–Crippen LogP) is 2.92. The third-order valence-corrected chi connectivity index (χ3v) is 2.27. The van der Waals surface area contributed by atoms with Gasteiger partial charge in [-0.2, -0.15) is 5.10 Å². The molecule has 1 heterocycles. The first-order chi connectivity index (χ1) is 7.31. The predicted molar refractivity (Wildman–Crippen MR) is 59.7 cm³/mol. The molecule has 0 fully saturated rings. The molecule has 0 aliphatic heterocycles. The van der Waals surface area contributed by atoms with E-state index in [-0.39, 0.29) is 0 Å². The SMILES string of the molecule is CCOc1ccc(-n2nccc2Cl)cc1. The molecular weight excluding hydrogens is 212 g/mol. The largest absolute Gasteiger partial charge is 0.494 e. The van der Waals surface area contributed by atoms with Crippen molar-refractivity contribution in [1.29, 1.82) is 0 Å². The summed E-state index contributed by atoms with van der Waals surface area (Å²) in [7, 11) is 0. The second kappa shape index (κ2) is 4.36. The third-order valence-electron chi connectivity index (χ3n) is 1.99. The second-order valence-corrected chi connectivity index (χ2v) is 3.38. The van der Waals surface area contributed by atoms with Crippen molar-refractivity contribution in [2.75, 3.05) is 6.61 Å². The van der Waals surface area contributed by atoms with Gasteiger partial charge in [0.15, 0.2) is 0 Å². The molecule has 4 heteroatoms. The standard InChI is InChI=1S/C11H11ClN2O/c1-2-15-10-5-3-9(4-6-10)14-11(12)7-8-13-14/h3-8H,2H2,1H3. The summed E-state index contributed by atoms with van der Waals surface area (Å²) in [6.07, 6.45) is 1.67. The van der Waals surface area contributed by atoms with Crippen molar-refractivity contribution in [1.82, 2.24) is 9.78 Å². The van der Waals surface area contributed by atoms with E-state index in [1.54, 1.807) is 16.9 Å². The number of hydrogen-bond donors (Lipinski definition) is 0. The highest BCUT2D eigenvalue weighted by molar-refractivity contribution is 6.29.